The Hall–Kier alpha value is -9.56. The molecular weight excluding hydrogens is 1250 g/mol. The van der Waals surface area contributed by atoms with Crippen molar-refractivity contribution in [3.63, 3.8) is 0 Å². The maximum atomic E-state index is 14.5. The number of aromatic nitrogens is 6. The lowest BCUT2D eigenvalue weighted by Crippen LogP contribution is -2.37. The topological polar surface area (TPSA) is 227 Å². The van der Waals surface area contributed by atoms with Gasteiger partial charge in [0.15, 0.2) is 0 Å². The first-order valence-corrected chi connectivity index (χ1v) is 29.4. The second-order valence-electron chi connectivity index (χ2n) is 22.1. The van der Waals surface area contributed by atoms with Gasteiger partial charge in [-0.25, -0.2) is 19.3 Å². The van der Waals surface area contributed by atoms with Gasteiger partial charge < -0.3 is 49.2 Å². The van der Waals surface area contributed by atoms with Crippen molar-refractivity contribution in [2.75, 3.05) is 61.0 Å². The Morgan fingerprint density at radius 3 is 1.40 bits per heavy atom. The Balaban J connectivity index is 0.000000218. The van der Waals surface area contributed by atoms with Gasteiger partial charge in [-0.05, 0) is 118 Å². The molecule has 10 rings (SSSR count). The number of rotatable bonds is 22. The molecule has 4 heterocycles. The summed E-state index contributed by atoms with van der Waals surface area (Å²) in [5, 5.41) is 24.5. The quantitative estimate of drug-likeness (QED) is 0.0326. The summed E-state index contributed by atoms with van der Waals surface area (Å²) in [6.07, 6.45) is -2.18. The van der Waals surface area contributed by atoms with Crippen LogP contribution >= 0.6 is 23.2 Å². The fourth-order valence-electron chi connectivity index (χ4n) is 10.2. The number of alkyl halides is 6. The summed E-state index contributed by atoms with van der Waals surface area (Å²) in [6, 6.07) is 24.1. The van der Waals surface area contributed by atoms with E-state index in [0.29, 0.717) is 85.8 Å². The van der Waals surface area contributed by atoms with E-state index < -0.39 is 58.9 Å². The molecule has 6 aromatic carbocycles. The number of halogens is 8. The third-order valence-electron chi connectivity index (χ3n) is 14.5. The monoisotopic (exact) mass is 1310 g/mol. The van der Waals surface area contributed by atoms with Gasteiger partial charge in [-0.15, -0.1) is 0 Å². The molecule has 2 unspecified atom stereocenters. The highest BCUT2D eigenvalue weighted by molar-refractivity contribution is 6.31. The Kier molecular flexibility index (Phi) is 20.9. The van der Waals surface area contributed by atoms with Gasteiger partial charge in [-0.2, -0.15) is 36.5 Å². The number of amides is 2. The lowest BCUT2D eigenvalue weighted by molar-refractivity contribution is -0.155. The third-order valence-corrected chi connectivity index (χ3v) is 14.9. The van der Waals surface area contributed by atoms with Crippen molar-refractivity contribution in [1.82, 2.24) is 29.5 Å². The predicted molar refractivity (Wildman–Crippen MR) is 329 cm³/mol. The van der Waals surface area contributed by atoms with Crippen molar-refractivity contribution in [3.05, 3.63) is 178 Å². The summed E-state index contributed by atoms with van der Waals surface area (Å²) in [5.41, 5.74) is 2.02. The van der Waals surface area contributed by atoms with E-state index in [1.807, 2.05) is 0 Å². The second-order valence-corrected chi connectivity index (χ2v) is 23.0. The van der Waals surface area contributed by atoms with Gasteiger partial charge in [-0.3, -0.25) is 19.2 Å². The summed E-state index contributed by atoms with van der Waals surface area (Å²) in [7, 11) is 2.98. The number of aliphatic carboxylic acids is 1. The smallest absolute Gasteiger partial charge is 0.416 e. The summed E-state index contributed by atoms with van der Waals surface area (Å²) >= 11 is 12.6. The minimum absolute atomic E-state index is 0.0254. The van der Waals surface area contributed by atoms with Gasteiger partial charge in [0, 0.05) is 94.1 Å². The first-order chi connectivity index (χ1) is 43.7. The number of nitrogens with zero attached hydrogens (tertiary/aromatic N) is 8. The number of ether oxygens (including phenoxy) is 5. The molecule has 0 fully saturated rings. The lowest BCUT2D eigenvalue weighted by atomic mass is 10.0. The Morgan fingerprint density at radius 2 is 1.02 bits per heavy atom. The van der Waals surface area contributed by atoms with Gasteiger partial charge in [0.05, 0.1) is 49.9 Å². The molecule has 2 aliphatic rings. The van der Waals surface area contributed by atoms with E-state index in [1.165, 1.54) is 76.9 Å². The molecule has 20 nitrogen and oxygen atoms in total. The summed E-state index contributed by atoms with van der Waals surface area (Å²) < 4.78 is 113. The van der Waals surface area contributed by atoms with E-state index in [2.05, 4.69) is 30.8 Å². The zero-order valence-corrected chi connectivity index (χ0v) is 51.7. The average Bonchev–Trinajstić information content (AvgIpc) is 1.53. The largest absolute Gasteiger partial charge is 0.497 e. The highest BCUT2D eigenvalue weighted by Crippen LogP contribution is 2.43. The summed E-state index contributed by atoms with van der Waals surface area (Å²) in [4.78, 5) is 62.7. The molecule has 2 amide bonds. The first kappa shape index (κ1) is 66.8. The average molecular weight is 1320 g/mol. The van der Waals surface area contributed by atoms with Gasteiger partial charge in [0.25, 0.3) is 11.8 Å². The van der Waals surface area contributed by atoms with Gasteiger partial charge in [-0.1, -0.05) is 47.5 Å². The number of carboxylic acid groups (broad SMARTS) is 1. The molecule has 0 radical (unpaired) electrons. The van der Waals surface area contributed by atoms with Crippen molar-refractivity contribution in [3.8, 4) is 34.4 Å². The van der Waals surface area contributed by atoms with Crippen molar-refractivity contribution in [2.45, 2.75) is 89.3 Å². The van der Waals surface area contributed by atoms with Crippen LogP contribution in [0, 0.1) is 0 Å². The lowest BCUT2D eigenvalue weighted by Gasteiger charge is -2.28. The maximum Gasteiger partial charge on any atom is 0.416 e. The standard InChI is InChI=1S/C34H35ClF3N5O5.C30H27ClF3N5O5/c1-33(2,3)48-30(44)6-5-13-47-29-15-23(35)9-10-27(29)31(41-24-16-25(18-26(17-24)46-4)43-20-39-19-40-43)32(45)42-12-11-21-7-8-22(14-28(21)42)34(36,37)38;1-43-23-14-21(13-22(15-23)39-17-35-16-36-39)37-28(24-7-6-20(31)12-26(24)44-10-2-3-27(40)41)29(42)38-9-8-18-4-5-19(11-25(18)38)30(32,33)34/h7-10,14-20,31,41H,5-6,11-13H2,1-4H3;4-7,11-17,28,37H,2-3,8-10H2,1H3,(H,40,41). The minimum Gasteiger partial charge on any atom is -0.497 e. The fraction of sp³-hybridized carbons (Fsp3) is 0.312. The normalized spacial score (nSPS) is 13.4. The number of carbonyl (C=O) groups excluding carboxylic acids is 3. The minimum atomic E-state index is -4.59. The van der Waals surface area contributed by atoms with Gasteiger partial charge in [0.1, 0.15) is 66.0 Å². The van der Waals surface area contributed by atoms with E-state index >= 15 is 0 Å². The van der Waals surface area contributed by atoms with Crippen LogP contribution in [0.15, 0.2) is 135 Å². The van der Waals surface area contributed by atoms with Crippen molar-refractivity contribution < 1.29 is 74.3 Å². The number of hydrogen-bond donors (Lipinski definition) is 3. The molecule has 0 bridgehead atoms. The van der Waals surface area contributed by atoms with Crippen LogP contribution in [0.3, 0.4) is 0 Å². The van der Waals surface area contributed by atoms with Crippen LogP contribution in [-0.4, -0.2) is 105 Å². The number of esters is 1. The number of benzene rings is 6. The zero-order chi connectivity index (χ0) is 66.1. The number of carboxylic acids is 1. The molecule has 92 heavy (non-hydrogen) atoms. The first-order valence-electron chi connectivity index (χ1n) is 28.7. The number of anilines is 4. The fourth-order valence-corrected chi connectivity index (χ4v) is 10.5. The highest BCUT2D eigenvalue weighted by atomic mass is 35.5. The Morgan fingerprint density at radius 1 is 0.587 bits per heavy atom. The van der Waals surface area contributed by atoms with Crippen LogP contribution in [0.1, 0.15) is 91.9 Å². The van der Waals surface area contributed by atoms with Gasteiger partial charge in [0.2, 0.25) is 0 Å². The molecule has 484 valence electrons. The maximum absolute atomic E-state index is 14.5. The zero-order valence-electron chi connectivity index (χ0n) is 50.2. The number of hydrogen-bond acceptors (Lipinski definition) is 15. The molecule has 0 saturated heterocycles. The SMILES string of the molecule is COc1cc(NC(C(=O)N2CCc3ccc(C(F)(F)F)cc32)c2ccc(Cl)cc2OCCCC(=O)O)cc(-n2cncn2)c1.COc1cc(NC(C(=O)N2CCc3ccc(C(F)(F)F)cc32)c2ccc(Cl)cc2OCCCC(=O)OC(C)(C)C)cc(-n2cncn2)c1. The molecule has 0 aliphatic carbocycles. The van der Waals surface area contributed by atoms with E-state index in [-0.39, 0.29) is 74.4 Å². The van der Waals surface area contributed by atoms with Crippen molar-refractivity contribution >= 4 is 69.7 Å². The van der Waals surface area contributed by atoms with Crippen molar-refractivity contribution in [1.29, 1.82) is 0 Å². The van der Waals surface area contributed by atoms with E-state index in [9.17, 15) is 45.5 Å². The molecule has 2 aliphatic heterocycles. The predicted octanol–water partition coefficient (Wildman–Crippen LogP) is 13.1. The van der Waals surface area contributed by atoms with Crippen molar-refractivity contribution in [2.24, 2.45) is 0 Å². The van der Waals surface area contributed by atoms with Crippen LogP contribution in [0.4, 0.5) is 49.1 Å². The van der Waals surface area contributed by atoms with Crippen LogP contribution < -0.4 is 39.4 Å². The number of carbonyl (C=O) groups is 4. The highest BCUT2D eigenvalue weighted by Gasteiger charge is 2.39. The molecule has 2 atom stereocenters. The molecule has 28 heteroatoms. The second kappa shape index (κ2) is 28.7. The van der Waals surface area contributed by atoms with Crippen LogP contribution in [0.25, 0.3) is 11.4 Å². The number of fused-ring (bicyclic) bond motifs is 2. The van der Waals surface area contributed by atoms with E-state index in [4.69, 9.17) is 52.0 Å². The van der Waals surface area contributed by atoms with Crippen LogP contribution in [0.5, 0.6) is 23.0 Å². The van der Waals surface area contributed by atoms with E-state index in [1.54, 1.807) is 87.5 Å². The van der Waals surface area contributed by atoms with Gasteiger partial charge >= 0.3 is 24.3 Å². The van der Waals surface area contributed by atoms with E-state index in [0.717, 1.165) is 24.3 Å². The molecule has 0 saturated carbocycles. The van der Waals surface area contributed by atoms with Crippen LogP contribution in [0.2, 0.25) is 10.0 Å². The molecule has 0 spiro atoms. The molecule has 3 N–H and O–H groups in total. The Bertz CT molecular complexity index is 3940. The third kappa shape index (κ3) is 16.9. The molecule has 8 aromatic rings. The van der Waals surface area contributed by atoms with Crippen LogP contribution in [-0.2, 0) is 49.1 Å². The summed E-state index contributed by atoms with van der Waals surface area (Å²) in [5.74, 6) is -1.04. The molecular formula is C64H62Cl2F6N10O10. The number of nitrogens with one attached hydrogen (secondary N) is 2. The summed E-state index contributed by atoms with van der Waals surface area (Å²) in [6.45, 7) is 5.81. The molecule has 2 aromatic heterocycles. The Labute approximate surface area is 533 Å². The number of methoxy groups -OCH3 is 2.